The second kappa shape index (κ2) is 12.8. The van der Waals surface area contributed by atoms with Crippen molar-refractivity contribution in [2.75, 3.05) is 12.3 Å². The number of amides is 2. The predicted octanol–water partition coefficient (Wildman–Crippen LogP) is 5.71. The third-order valence-electron chi connectivity index (χ3n) is 4.94. The maximum Gasteiger partial charge on any atom is 0.242 e. The van der Waals surface area contributed by atoms with Gasteiger partial charge >= 0.3 is 0 Å². The zero-order valence-electron chi connectivity index (χ0n) is 18.9. The number of nitrogens with zero attached hydrogens (tertiary/aromatic N) is 1. The number of hydrogen-bond donors (Lipinski definition) is 1. The molecule has 0 heterocycles. The van der Waals surface area contributed by atoms with Crippen LogP contribution < -0.4 is 5.32 Å². The number of aryl methyl sites for hydroxylation is 1. The molecule has 2 rings (SSSR count). The van der Waals surface area contributed by atoms with Crippen LogP contribution in [0.15, 0.2) is 53.4 Å². The highest BCUT2D eigenvalue weighted by Gasteiger charge is 2.28. The van der Waals surface area contributed by atoms with E-state index in [4.69, 9.17) is 11.6 Å². The van der Waals surface area contributed by atoms with Gasteiger partial charge in [0.15, 0.2) is 0 Å². The van der Waals surface area contributed by atoms with Crippen LogP contribution in [-0.4, -0.2) is 35.1 Å². The van der Waals surface area contributed by atoms with Crippen LogP contribution in [-0.2, 0) is 16.1 Å². The first kappa shape index (κ1) is 25.3. The second-order valence-electron chi connectivity index (χ2n) is 8.12. The van der Waals surface area contributed by atoms with Gasteiger partial charge in [-0.05, 0) is 49.1 Å². The van der Waals surface area contributed by atoms with Crippen LogP contribution in [0.5, 0.6) is 0 Å². The number of carbonyl (C=O) groups excluding carboxylic acids is 2. The summed E-state index contributed by atoms with van der Waals surface area (Å²) in [5.41, 5.74) is 2.17. The summed E-state index contributed by atoms with van der Waals surface area (Å²) in [6, 6.07) is 15.2. The van der Waals surface area contributed by atoms with Crippen LogP contribution in [0.1, 0.15) is 44.7 Å². The Balaban J connectivity index is 2.10. The Morgan fingerprint density at radius 3 is 2.29 bits per heavy atom. The highest BCUT2D eigenvalue weighted by atomic mass is 35.5. The van der Waals surface area contributed by atoms with E-state index in [2.05, 4.69) is 50.4 Å². The minimum Gasteiger partial charge on any atom is -0.354 e. The minimum absolute atomic E-state index is 0.0129. The Kier molecular flexibility index (Phi) is 10.4. The Morgan fingerprint density at radius 1 is 1.06 bits per heavy atom. The highest BCUT2D eigenvalue weighted by Crippen LogP contribution is 2.21. The molecular weight excluding hydrogens is 428 g/mol. The van der Waals surface area contributed by atoms with E-state index in [0.717, 1.165) is 10.5 Å². The average Bonchev–Trinajstić information content (AvgIpc) is 2.74. The molecular formula is C25H33ClN2O2S. The molecule has 31 heavy (non-hydrogen) atoms. The van der Waals surface area contributed by atoms with Crippen molar-refractivity contribution < 1.29 is 9.59 Å². The van der Waals surface area contributed by atoms with Crippen molar-refractivity contribution in [2.45, 2.75) is 58.0 Å². The van der Waals surface area contributed by atoms with E-state index in [9.17, 15) is 9.59 Å². The fourth-order valence-electron chi connectivity index (χ4n) is 3.16. The lowest BCUT2D eigenvalue weighted by Crippen LogP contribution is -2.49. The minimum atomic E-state index is -0.494. The Labute approximate surface area is 195 Å². The lowest BCUT2D eigenvalue weighted by molar-refractivity contribution is -0.141. The van der Waals surface area contributed by atoms with Crippen LogP contribution in [0, 0.1) is 12.8 Å². The molecule has 0 aliphatic rings. The van der Waals surface area contributed by atoms with Crippen LogP contribution in [0.25, 0.3) is 0 Å². The number of thioether (sulfide) groups is 1. The zero-order valence-corrected chi connectivity index (χ0v) is 20.4. The molecule has 6 heteroatoms. The molecule has 0 spiro atoms. The first-order chi connectivity index (χ1) is 14.8. The van der Waals surface area contributed by atoms with Crippen LogP contribution >= 0.6 is 23.4 Å². The van der Waals surface area contributed by atoms with E-state index in [0.29, 0.717) is 42.6 Å². The van der Waals surface area contributed by atoms with E-state index < -0.39 is 6.04 Å². The van der Waals surface area contributed by atoms with Gasteiger partial charge in [0.1, 0.15) is 6.04 Å². The van der Waals surface area contributed by atoms with Crippen LogP contribution in [0.2, 0.25) is 5.02 Å². The van der Waals surface area contributed by atoms with E-state index in [1.807, 2.05) is 31.2 Å². The summed E-state index contributed by atoms with van der Waals surface area (Å²) in [4.78, 5) is 28.9. The number of halogens is 1. The van der Waals surface area contributed by atoms with Gasteiger partial charge in [-0.2, -0.15) is 0 Å². The average molecular weight is 461 g/mol. The summed E-state index contributed by atoms with van der Waals surface area (Å²) in [7, 11) is 0. The molecule has 0 aliphatic heterocycles. The van der Waals surface area contributed by atoms with Crippen LogP contribution in [0.3, 0.4) is 0 Å². The van der Waals surface area contributed by atoms with Gasteiger partial charge < -0.3 is 10.2 Å². The van der Waals surface area contributed by atoms with E-state index in [1.54, 1.807) is 16.7 Å². The van der Waals surface area contributed by atoms with Crippen LogP contribution in [0.4, 0.5) is 0 Å². The summed E-state index contributed by atoms with van der Waals surface area (Å²) in [5.74, 6) is 0.918. The Morgan fingerprint density at radius 2 is 1.71 bits per heavy atom. The van der Waals surface area contributed by atoms with Gasteiger partial charge in [-0.1, -0.05) is 62.2 Å². The summed E-state index contributed by atoms with van der Waals surface area (Å²) < 4.78 is 0. The molecule has 168 valence electrons. The highest BCUT2D eigenvalue weighted by molar-refractivity contribution is 7.99. The number of carbonyl (C=O) groups is 2. The van der Waals surface area contributed by atoms with Crippen molar-refractivity contribution >= 4 is 35.2 Å². The molecule has 1 unspecified atom stereocenters. The normalized spacial score (nSPS) is 11.9. The third-order valence-corrected chi connectivity index (χ3v) is 6.21. The second-order valence-corrected chi connectivity index (χ2v) is 9.73. The molecule has 2 aromatic rings. The van der Waals surface area contributed by atoms with Crippen molar-refractivity contribution in [3.8, 4) is 0 Å². The number of rotatable bonds is 11. The number of benzene rings is 2. The molecule has 4 nitrogen and oxygen atoms in total. The first-order valence-electron chi connectivity index (χ1n) is 10.8. The SMILES string of the molecule is CCC(C(=O)NCC(C)C)N(Cc1ccc(Cl)cc1)C(=O)CCSc1ccc(C)cc1. The van der Waals surface area contributed by atoms with Gasteiger partial charge in [0.2, 0.25) is 11.8 Å². The molecule has 0 aliphatic carbocycles. The molecule has 0 bridgehead atoms. The summed E-state index contributed by atoms with van der Waals surface area (Å²) >= 11 is 7.67. The standard InChI is InChI=1S/C25H33ClN2O2S/c1-5-23(25(30)27-16-18(2)3)28(17-20-8-10-21(26)11-9-20)24(29)14-15-31-22-12-6-19(4)7-13-22/h6-13,18,23H,5,14-17H2,1-4H3,(H,27,30). The first-order valence-corrected chi connectivity index (χ1v) is 12.2. The zero-order chi connectivity index (χ0) is 22.8. The molecule has 0 fully saturated rings. The predicted molar refractivity (Wildman–Crippen MR) is 130 cm³/mol. The van der Waals surface area contributed by atoms with E-state index in [-0.39, 0.29) is 11.8 Å². The third kappa shape index (κ3) is 8.58. The molecule has 0 saturated carbocycles. The van der Waals surface area contributed by atoms with Gasteiger partial charge in [-0.25, -0.2) is 0 Å². The van der Waals surface area contributed by atoms with Gasteiger partial charge in [0, 0.05) is 35.2 Å². The van der Waals surface area contributed by atoms with E-state index >= 15 is 0 Å². The lowest BCUT2D eigenvalue weighted by atomic mass is 10.1. The lowest BCUT2D eigenvalue weighted by Gasteiger charge is -2.31. The molecule has 2 amide bonds. The summed E-state index contributed by atoms with van der Waals surface area (Å²) in [6.45, 7) is 9.10. The largest absolute Gasteiger partial charge is 0.354 e. The fraction of sp³-hybridized carbons (Fsp3) is 0.440. The fourth-order valence-corrected chi connectivity index (χ4v) is 4.13. The van der Waals surface area contributed by atoms with Crippen molar-refractivity contribution in [3.05, 3.63) is 64.7 Å². The monoisotopic (exact) mass is 460 g/mol. The van der Waals surface area contributed by atoms with Crippen molar-refractivity contribution in [1.29, 1.82) is 0 Å². The van der Waals surface area contributed by atoms with Crippen molar-refractivity contribution in [2.24, 2.45) is 5.92 Å². The Bertz CT molecular complexity index is 838. The van der Waals surface area contributed by atoms with Crippen molar-refractivity contribution in [3.63, 3.8) is 0 Å². The van der Waals surface area contributed by atoms with Gasteiger partial charge in [-0.3, -0.25) is 9.59 Å². The topological polar surface area (TPSA) is 49.4 Å². The molecule has 1 N–H and O–H groups in total. The molecule has 0 radical (unpaired) electrons. The van der Waals surface area contributed by atoms with Crippen molar-refractivity contribution in [1.82, 2.24) is 10.2 Å². The molecule has 1 atom stereocenters. The molecule has 2 aromatic carbocycles. The molecule has 0 aromatic heterocycles. The van der Waals surface area contributed by atoms with Gasteiger partial charge in [-0.15, -0.1) is 11.8 Å². The number of hydrogen-bond acceptors (Lipinski definition) is 3. The summed E-state index contributed by atoms with van der Waals surface area (Å²) in [5, 5.41) is 3.64. The van der Waals surface area contributed by atoms with Gasteiger partial charge in [0.05, 0.1) is 0 Å². The quantitative estimate of drug-likeness (QED) is 0.437. The number of nitrogens with one attached hydrogen (secondary N) is 1. The summed E-state index contributed by atoms with van der Waals surface area (Å²) in [6.07, 6.45) is 0.939. The van der Waals surface area contributed by atoms with Gasteiger partial charge in [0.25, 0.3) is 0 Å². The maximum atomic E-state index is 13.2. The Hall–Kier alpha value is -1.98. The van der Waals surface area contributed by atoms with E-state index in [1.165, 1.54) is 5.56 Å². The maximum absolute atomic E-state index is 13.2. The molecule has 0 saturated heterocycles. The smallest absolute Gasteiger partial charge is 0.242 e.